The molecule has 2 heterocycles. The second-order valence-electron chi connectivity index (χ2n) is 6.26. The predicted molar refractivity (Wildman–Crippen MR) is 99.9 cm³/mol. The Kier molecular flexibility index (Phi) is 7.10. The van der Waals surface area contributed by atoms with Crippen molar-refractivity contribution in [2.45, 2.75) is 36.5 Å². The van der Waals surface area contributed by atoms with E-state index >= 15 is 0 Å². The Bertz CT molecular complexity index is 632. The summed E-state index contributed by atoms with van der Waals surface area (Å²) in [6.07, 6.45) is 0. The Morgan fingerprint density at radius 1 is 1.33 bits per heavy atom. The highest BCUT2D eigenvalue weighted by Crippen LogP contribution is 2.25. The van der Waals surface area contributed by atoms with Gasteiger partial charge in [0.05, 0.1) is 11.8 Å². The van der Waals surface area contributed by atoms with Crippen LogP contribution in [0.25, 0.3) is 0 Å². The van der Waals surface area contributed by atoms with Crippen LogP contribution in [0.4, 0.5) is 0 Å². The number of likely N-dealkylation sites (N-methyl/N-ethyl adjacent to an activating group) is 1. The third-order valence-electron chi connectivity index (χ3n) is 4.20. The standard InChI is InChI=1S/C17H24N4OS.ClH/c1-12(2)13-4-6-14(7-5-13)23-11-16-19-17(20-22-16)15-10-18-8-9-21(15)3;/h4-7,12,15,18H,8-11H2,1-3H3;1H. The minimum absolute atomic E-state index is 0. The van der Waals surface area contributed by atoms with E-state index in [9.17, 15) is 0 Å². The molecule has 7 heteroatoms. The second kappa shape index (κ2) is 8.85. The van der Waals surface area contributed by atoms with Crippen molar-refractivity contribution in [1.82, 2.24) is 20.4 Å². The highest BCUT2D eigenvalue weighted by molar-refractivity contribution is 7.98. The lowest BCUT2D eigenvalue weighted by molar-refractivity contribution is 0.190. The first kappa shape index (κ1) is 19.2. The molecule has 0 aliphatic carbocycles. The van der Waals surface area contributed by atoms with E-state index < -0.39 is 0 Å². The van der Waals surface area contributed by atoms with Crippen LogP contribution in [0.1, 0.15) is 43.1 Å². The van der Waals surface area contributed by atoms with Gasteiger partial charge in [0.2, 0.25) is 5.89 Å². The van der Waals surface area contributed by atoms with Crippen molar-refractivity contribution in [3.05, 3.63) is 41.5 Å². The summed E-state index contributed by atoms with van der Waals surface area (Å²) in [5, 5.41) is 7.54. The van der Waals surface area contributed by atoms with Crippen LogP contribution in [0.5, 0.6) is 0 Å². The Hall–Kier alpha value is -1.08. The molecule has 5 nitrogen and oxygen atoms in total. The van der Waals surface area contributed by atoms with Gasteiger partial charge in [-0.25, -0.2) is 0 Å². The summed E-state index contributed by atoms with van der Waals surface area (Å²) in [6.45, 7) is 7.31. The molecule has 0 spiro atoms. The lowest BCUT2D eigenvalue weighted by Gasteiger charge is -2.30. The first-order valence-corrected chi connectivity index (χ1v) is 9.08. The zero-order valence-corrected chi connectivity index (χ0v) is 16.0. The van der Waals surface area contributed by atoms with E-state index in [1.54, 1.807) is 11.8 Å². The van der Waals surface area contributed by atoms with Gasteiger partial charge in [-0.15, -0.1) is 24.2 Å². The average Bonchev–Trinajstić information content (AvgIpc) is 3.02. The molecule has 0 radical (unpaired) electrons. The Labute approximate surface area is 154 Å². The number of piperazine rings is 1. The summed E-state index contributed by atoms with van der Waals surface area (Å²) < 4.78 is 5.41. The molecule has 1 aliphatic heterocycles. The predicted octanol–water partition coefficient (Wildman–Crippen LogP) is 3.48. The van der Waals surface area contributed by atoms with Crippen LogP contribution in [0.3, 0.4) is 0 Å². The normalized spacial score (nSPS) is 18.6. The fourth-order valence-electron chi connectivity index (χ4n) is 2.65. The van der Waals surface area contributed by atoms with Crippen LogP contribution < -0.4 is 5.32 Å². The molecule has 1 unspecified atom stereocenters. The van der Waals surface area contributed by atoms with Crippen LogP contribution in [0, 0.1) is 0 Å². The van der Waals surface area contributed by atoms with E-state index in [1.807, 2.05) is 0 Å². The number of halogens is 1. The van der Waals surface area contributed by atoms with Gasteiger partial charge < -0.3 is 9.84 Å². The Balaban J connectivity index is 0.00000208. The van der Waals surface area contributed by atoms with Crippen LogP contribution in [0.15, 0.2) is 33.7 Å². The van der Waals surface area contributed by atoms with Crippen LogP contribution in [0.2, 0.25) is 0 Å². The van der Waals surface area contributed by atoms with Crippen molar-refractivity contribution in [2.75, 3.05) is 26.7 Å². The van der Waals surface area contributed by atoms with Gasteiger partial charge in [0.25, 0.3) is 0 Å². The molecule has 1 aliphatic rings. The van der Waals surface area contributed by atoms with Crippen molar-refractivity contribution in [2.24, 2.45) is 0 Å². The summed E-state index contributed by atoms with van der Waals surface area (Å²) in [4.78, 5) is 8.06. The Morgan fingerprint density at radius 2 is 2.08 bits per heavy atom. The second-order valence-corrected chi connectivity index (χ2v) is 7.31. The lowest BCUT2D eigenvalue weighted by Crippen LogP contribution is -2.44. The molecule has 1 fully saturated rings. The molecular weight excluding hydrogens is 344 g/mol. The summed E-state index contributed by atoms with van der Waals surface area (Å²) in [5.41, 5.74) is 1.36. The summed E-state index contributed by atoms with van der Waals surface area (Å²) >= 11 is 1.73. The number of thioether (sulfide) groups is 1. The number of nitrogens with one attached hydrogen (secondary N) is 1. The van der Waals surface area contributed by atoms with Crippen molar-refractivity contribution in [3.63, 3.8) is 0 Å². The fourth-order valence-corrected chi connectivity index (χ4v) is 3.39. The molecule has 2 aromatic rings. The topological polar surface area (TPSA) is 54.2 Å². The maximum absolute atomic E-state index is 5.41. The number of hydrogen-bond donors (Lipinski definition) is 1. The molecule has 0 amide bonds. The van der Waals surface area contributed by atoms with Gasteiger partial charge in [0.15, 0.2) is 5.82 Å². The van der Waals surface area contributed by atoms with Crippen LogP contribution >= 0.6 is 24.2 Å². The summed E-state index contributed by atoms with van der Waals surface area (Å²) in [7, 11) is 2.10. The lowest BCUT2D eigenvalue weighted by atomic mass is 10.0. The monoisotopic (exact) mass is 368 g/mol. The third kappa shape index (κ3) is 4.72. The van der Waals surface area contributed by atoms with E-state index in [0.717, 1.165) is 25.5 Å². The van der Waals surface area contributed by atoms with Crippen molar-refractivity contribution >= 4 is 24.2 Å². The average molecular weight is 369 g/mol. The van der Waals surface area contributed by atoms with E-state index in [4.69, 9.17) is 4.52 Å². The molecule has 1 N–H and O–H groups in total. The molecule has 0 bridgehead atoms. The summed E-state index contributed by atoms with van der Waals surface area (Å²) in [5.74, 6) is 2.74. The van der Waals surface area contributed by atoms with Gasteiger partial charge in [-0.3, -0.25) is 4.90 Å². The van der Waals surface area contributed by atoms with Gasteiger partial charge in [-0.1, -0.05) is 31.1 Å². The van der Waals surface area contributed by atoms with Crippen LogP contribution in [-0.2, 0) is 5.75 Å². The Morgan fingerprint density at radius 3 is 2.75 bits per heavy atom. The molecule has 3 rings (SSSR count). The largest absolute Gasteiger partial charge is 0.338 e. The maximum atomic E-state index is 5.41. The van der Waals surface area contributed by atoms with E-state index in [0.29, 0.717) is 17.6 Å². The van der Waals surface area contributed by atoms with Crippen molar-refractivity contribution in [3.8, 4) is 0 Å². The molecule has 1 aromatic heterocycles. The molecule has 1 aromatic carbocycles. The van der Waals surface area contributed by atoms with E-state index in [1.165, 1.54) is 10.5 Å². The molecule has 1 saturated heterocycles. The minimum atomic E-state index is 0. The van der Waals surface area contributed by atoms with Crippen LogP contribution in [-0.4, -0.2) is 41.7 Å². The number of aromatic nitrogens is 2. The van der Waals surface area contributed by atoms with Crippen molar-refractivity contribution < 1.29 is 4.52 Å². The minimum Gasteiger partial charge on any atom is -0.338 e. The smallest absolute Gasteiger partial charge is 0.237 e. The highest BCUT2D eigenvalue weighted by atomic mass is 35.5. The quantitative estimate of drug-likeness (QED) is 0.815. The van der Waals surface area contributed by atoms with Crippen molar-refractivity contribution in [1.29, 1.82) is 0 Å². The summed E-state index contributed by atoms with van der Waals surface area (Å²) in [6, 6.07) is 8.91. The SMILES string of the molecule is CC(C)c1ccc(SCc2nc(C3CNCCN3C)no2)cc1.Cl. The number of hydrogen-bond acceptors (Lipinski definition) is 6. The molecule has 24 heavy (non-hydrogen) atoms. The molecule has 1 atom stereocenters. The van der Waals surface area contributed by atoms with Gasteiger partial charge in [0, 0.05) is 24.5 Å². The maximum Gasteiger partial charge on any atom is 0.237 e. The van der Waals surface area contributed by atoms with Gasteiger partial charge in [-0.2, -0.15) is 4.98 Å². The first-order chi connectivity index (χ1) is 11.1. The number of nitrogens with zero attached hydrogens (tertiary/aromatic N) is 3. The first-order valence-electron chi connectivity index (χ1n) is 8.09. The molecular formula is C17H25ClN4OS. The number of rotatable bonds is 5. The van der Waals surface area contributed by atoms with E-state index in [-0.39, 0.29) is 18.4 Å². The molecule has 132 valence electrons. The van der Waals surface area contributed by atoms with E-state index in [2.05, 4.69) is 65.5 Å². The fraction of sp³-hybridized carbons (Fsp3) is 0.529. The zero-order valence-electron chi connectivity index (χ0n) is 14.4. The van der Waals surface area contributed by atoms with Gasteiger partial charge >= 0.3 is 0 Å². The third-order valence-corrected chi connectivity index (χ3v) is 5.20. The van der Waals surface area contributed by atoms with Gasteiger partial charge in [0.1, 0.15) is 0 Å². The molecule has 0 saturated carbocycles. The van der Waals surface area contributed by atoms with Gasteiger partial charge in [-0.05, 0) is 30.7 Å². The zero-order chi connectivity index (χ0) is 16.2. The highest BCUT2D eigenvalue weighted by Gasteiger charge is 2.25. The number of benzene rings is 1.